The topological polar surface area (TPSA) is 51.1 Å². The number of carbonyl (C=O) groups excluding carboxylic acids is 1. The van der Waals surface area contributed by atoms with Gasteiger partial charge in [-0.3, -0.25) is 9.79 Å². The fourth-order valence-corrected chi connectivity index (χ4v) is 3.55. The molecule has 130 valence electrons. The van der Waals surface area contributed by atoms with Crippen molar-refractivity contribution in [1.29, 1.82) is 0 Å². The normalized spacial score (nSPS) is 23.8. The predicted molar refractivity (Wildman–Crippen MR) is 96.2 cm³/mol. The molecule has 2 atom stereocenters. The highest BCUT2D eigenvalue weighted by molar-refractivity contribution is 6.02. The molecular formula is C20H22N2O3. The Kier molecular flexibility index (Phi) is 4.07. The minimum atomic E-state index is -0.202. The van der Waals surface area contributed by atoms with Crippen LogP contribution in [0.25, 0.3) is 0 Å². The van der Waals surface area contributed by atoms with Crippen molar-refractivity contribution in [2.75, 3.05) is 13.2 Å². The van der Waals surface area contributed by atoms with E-state index >= 15 is 0 Å². The number of rotatable bonds is 4. The Morgan fingerprint density at radius 1 is 1.24 bits per heavy atom. The Morgan fingerprint density at radius 2 is 2.04 bits per heavy atom. The molecule has 0 bridgehead atoms. The second-order valence-corrected chi connectivity index (χ2v) is 6.73. The van der Waals surface area contributed by atoms with Gasteiger partial charge in [0, 0.05) is 12.6 Å². The van der Waals surface area contributed by atoms with Crippen LogP contribution in [-0.4, -0.2) is 41.8 Å². The predicted octanol–water partition coefficient (Wildman–Crippen LogP) is 2.90. The second-order valence-electron chi connectivity index (χ2n) is 6.73. The van der Waals surface area contributed by atoms with E-state index in [1.807, 2.05) is 55.3 Å². The number of hydrogen-bond acceptors (Lipinski definition) is 5. The maximum Gasteiger partial charge on any atom is 0.161 e. The first-order valence-corrected chi connectivity index (χ1v) is 8.76. The molecule has 1 aromatic carbocycles. The Labute approximate surface area is 147 Å². The van der Waals surface area contributed by atoms with Crippen molar-refractivity contribution < 1.29 is 14.3 Å². The van der Waals surface area contributed by atoms with Gasteiger partial charge in [0.25, 0.3) is 0 Å². The van der Waals surface area contributed by atoms with E-state index in [1.165, 1.54) is 0 Å². The number of allylic oxidation sites excluding steroid dienone is 2. The summed E-state index contributed by atoms with van der Waals surface area (Å²) in [5.41, 5.74) is 2.23. The lowest BCUT2D eigenvalue weighted by atomic mass is 9.98. The second kappa shape index (κ2) is 6.39. The van der Waals surface area contributed by atoms with Crippen LogP contribution >= 0.6 is 0 Å². The van der Waals surface area contributed by atoms with E-state index < -0.39 is 0 Å². The summed E-state index contributed by atoms with van der Waals surface area (Å²) in [6.45, 7) is 5.20. The maximum atomic E-state index is 12.9. The molecule has 0 saturated heterocycles. The van der Waals surface area contributed by atoms with Gasteiger partial charge < -0.3 is 14.4 Å². The zero-order valence-electron chi connectivity index (χ0n) is 14.6. The van der Waals surface area contributed by atoms with Crippen molar-refractivity contribution >= 4 is 11.6 Å². The quantitative estimate of drug-likeness (QED) is 0.847. The zero-order valence-corrected chi connectivity index (χ0v) is 14.6. The van der Waals surface area contributed by atoms with Crippen molar-refractivity contribution in [2.45, 2.75) is 38.8 Å². The first-order valence-electron chi connectivity index (χ1n) is 8.76. The average molecular weight is 338 g/mol. The van der Waals surface area contributed by atoms with Crippen molar-refractivity contribution in [3.8, 4) is 11.5 Å². The van der Waals surface area contributed by atoms with Gasteiger partial charge in [-0.25, -0.2) is 0 Å². The van der Waals surface area contributed by atoms with Gasteiger partial charge in [0.1, 0.15) is 25.1 Å². The minimum absolute atomic E-state index is 0.0189. The van der Waals surface area contributed by atoms with E-state index in [2.05, 4.69) is 4.99 Å². The highest BCUT2D eigenvalue weighted by Gasteiger charge is 2.37. The summed E-state index contributed by atoms with van der Waals surface area (Å²) in [5, 5.41) is 0. The van der Waals surface area contributed by atoms with Gasteiger partial charge in [0.15, 0.2) is 17.3 Å². The Bertz CT molecular complexity index is 794. The minimum Gasteiger partial charge on any atom is -0.486 e. The zero-order chi connectivity index (χ0) is 17.4. The molecular weight excluding hydrogens is 316 g/mol. The van der Waals surface area contributed by atoms with Crippen LogP contribution in [0.4, 0.5) is 0 Å². The monoisotopic (exact) mass is 338 g/mol. The van der Waals surface area contributed by atoms with Gasteiger partial charge in [-0.15, -0.1) is 0 Å². The summed E-state index contributed by atoms with van der Waals surface area (Å²) in [6, 6.07) is 5.70. The number of nitrogens with zero attached hydrogens (tertiary/aromatic N) is 2. The number of benzene rings is 1. The van der Waals surface area contributed by atoms with Crippen molar-refractivity contribution in [1.82, 2.24) is 4.90 Å². The molecule has 4 rings (SSSR count). The van der Waals surface area contributed by atoms with Crippen LogP contribution in [0.1, 0.15) is 25.8 Å². The number of ether oxygens (including phenoxy) is 2. The molecule has 25 heavy (non-hydrogen) atoms. The van der Waals surface area contributed by atoms with Crippen LogP contribution in [-0.2, 0) is 11.2 Å². The molecule has 0 N–H and O–H groups in total. The summed E-state index contributed by atoms with van der Waals surface area (Å²) >= 11 is 0. The van der Waals surface area contributed by atoms with Crippen molar-refractivity contribution in [3.05, 3.63) is 47.7 Å². The van der Waals surface area contributed by atoms with E-state index in [9.17, 15) is 4.79 Å². The van der Waals surface area contributed by atoms with E-state index in [0.29, 0.717) is 26.1 Å². The summed E-state index contributed by atoms with van der Waals surface area (Å²) in [6.07, 6.45) is 7.23. The molecule has 1 aromatic rings. The lowest BCUT2D eigenvalue weighted by Gasteiger charge is -2.26. The van der Waals surface area contributed by atoms with E-state index in [0.717, 1.165) is 28.5 Å². The molecule has 5 heteroatoms. The number of amidine groups is 1. The van der Waals surface area contributed by atoms with Crippen LogP contribution in [0.3, 0.4) is 0 Å². The standard InChI is InChI=1S/C20H22N2O3/c1-13-3-8-19-21-14(2)20(22(19)12-13)16(23)6-4-15-5-7-17-18(11-15)25-10-9-24-17/h3,5,7-8,11-12,14,20H,4,6,9-10H2,1-2H3. The summed E-state index contributed by atoms with van der Waals surface area (Å²) in [7, 11) is 0. The number of fused-ring (bicyclic) bond motifs is 2. The van der Waals surface area contributed by atoms with Crippen LogP contribution < -0.4 is 9.47 Å². The number of aryl methyl sites for hydroxylation is 1. The van der Waals surface area contributed by atoms with Crippen LogP contribution in [0.15, 0.2) is 47.1 Å². The molecule has 3 heterocycles. The van der Waals surface area contributed by atoms with Gasteiger partial charge in [0.05, 0.1) is 6.04 Å². The number of hydrogen-bond donors (Lipinski definition) is 0. The lowest BCUT2D eigenvalue weighted by Crippen LogP contribution is -2.42. The smallest absolute Gasteiger partial charge is 0.161 e. The third-order valence-corrected chi connectivity index (χ3v) is 4.79. The summed E-state index contributed by atoms with van der Waals surface area (Å²) < 4.78 is 11.2. The van der Waals surface area contributed by atoms with E-state index in [1.54, 1.807) is 0 Å². The molecule has 0 radical (unpaired) electrons. The van der Waals surface area contributed by atoms with Gasteiger partial charge in [-0.05, 0) is 49.6 Å². The van der Waals surface area contributed by atoms with Gasteiger partial charge >= 0.3 is 0 Å². The summed E-state index contributed by atoms with van der Waals surface area (Å²) in [4.78, 5) is 19.5. The van der Waals surface area contributed by atoms with Gasteiger partial charge in [-0.2, -0.15) is 0 Å². The Morgan fingerprint density at radius 3 is 2.88 bits per heavy atom. The van der Waals surface area contributed by atoms with Gasteiger partial charge in [0.2, 0.25) is 0 Å². The SMILES string of the molecule is CC1=CN2C(=NC(C)C2C(=O)CCc2ccc3c(c2)OCCO3)C=C1. The third kappa shape index (κ3) is 3.06. The number of ketones is 1. The number of Topliss-reactive ketones (excluding diaryl/α,β-unsaturated/α-hetero) is 1. The number of carbonyl (C=O) groups is 1. The summed E-state index contributed by atoms with van der Waals surface area (Å²) in [5.74, 6) is 2.66. The van der Waals surface area contributed by atoms with Crippen LogP contribution in [0.2, 0.25) is 0 Å². The van der Waals surface area contributed by atoms with E-state index in [4.69, 9.17) is 9.47 Å². The first-order chi connectivity index (χ1) is 12.1. The van der Waals surface area contributed by atoms with Crippen LogP contribution in [0, 0.1) is 0 Å². The fraction of sp³-hybridized carbons (Fsp3) is 0.400. The highest BCUT2D eigenvalue weighted by Crippen LogP contribution is 2.31. The van der Waals surface area contributed by atoms with Gasteiger partial charge in [-0.1, -0.05) is 12.1 Å². The van der Waals surface area contributed by atoms with Crippen LogP contribution in [0.5, 0.6) is 11.5 Å². The fourth-order valence-electron chi connectivity index (χ4n) is 3.55. The largest absolute Gasteiger partial charge is 0.486 e. The first kappa shape index (κ1) is 15.9. The Balaban J connectivity index is 1.43. The molecule has 0 fully saturated rings. The van der Waals surface area contributed by atoms with E-state index in [-0.39, 0.29) is 17.9 Å². The molecule has 0 spiro atoms. The highest BCUT2D eigenvalue weighted by atomic mass is 16.6. The molecule has 2 unspecified atom stereocenters. The third-order valence-electron chi connectivity index (χ3n) is 4.79. The molecule has 0 saturated carbocycles. The molecule has 0 amide bonds. The lowest BCUT2D eigenvalue weighted by molar-refractivity contribution is -0.122. The molecule has 5 nitrogen and oxygen atoms in total. The molecule has 0 aliphatic carbocycles. The van der Waals surface area contributed by atoms with Crippen molar-refractivity contribution in [3.63, 3.8) is 0 Å². The molecule has 0 aromatic heterocycles. The Hall–Kier alpha value is -2.56. The molecule has 3 aliphatic heterocycles. The molecule has 3 aliphatic rings. The maximum absolute atomic E-state index is 12.9. The number of aliphatic imine (C=N–C) groups is 1. The van der Waals surface area contributed by atoms with Crippen molar-refractivity contribution in [2.24, 2.45) is 4.99 Å². The average Bonchev–Trinajstić information content (AvgIpc) is 2.94.